The van der Waals surface area contributed by atoms with Crippen LogP contribution in [0.25, 0.3) is 6.08 Å². The van der Waals surface area contributed by atoms with E-state index in [9.17, 15) is 24.5 Å². The molecule has 0 saturated carbocycles. The fraction of sp³-hybridized carbons (Fsp3) is 0.121. The van der Waals surface area contributed by atoms with E-state index >= 15 is 0 Å². The molecule has 1 fully saturated rings. The van der Waals surface area contributed by atoms with Crippen LogP contribution in [0.4, 0.5) is 16.2 Å². The Labute approximate surface area is 266 Å². The average Bonchev–Trinajstić information content (AvgIpc) is 3.03. The quantitative estimate of drug-likeness (QED) is 0.0817. The van der Waals surface area contributed by atoms with Gasteiger partial charge in [0.2, 0.25) is 0 Å². The number of rotatable bonds is 11. The SMILES string of the molecule is CCOc1cc(/C=C2\C(=O)NC(=O)N(c3ccc(OCc4ccc(Br)cc4)cc3)C2=O)ccc1OCc1cccc([N+](=O)[O-])c1. The number of nitrogens with zero attached hydrogens (tertiary/aromatic N) is 2. The van der Waals surface area contributed by atoms with Crippen LogP contribution in [0.2, 0.25) is 0 Å². The Kier molecular flexibility index (Phi) is 9.54. The molecule has 0 aromatic heterocycles. The molecule has 1 heterocycles. The topological polar surface area (TPSA) is 137 Å². The maximum Gasteiger partial charge on any atom is 0.335 e. The van der Waals surface area contributed by atoms with E-state index in [-0.39, 0.29) is 23.6 Å². The number of amides is 4. The lowest BCUT2D eigenvalue weighted by molar-refractivity contribution is -0.384. The molecule has 1 aliphatic heterocycles. The maximum absolute atomic E-state index is 13.4. The highest BCUT2D eigenvalue weighted by atomic mass is 79.9. The highest BCUT2D eigenvalue weighted by molar-refractivity contribution is 9.10. The third-order valence-corrected chi connectivity index (χ3v) is 7.14. The van der Waals surface area contributed by atoms with Crippen molar-refractivity contribution in [1.29, 1.82) is 0 Å². The summed E-state index contributed by atoms with van der Waals surface area (Å²) in [7, 11) is 0. The summed E-state index contributed by atoms with van der Waals surface area (Å²) >= 11 is 3.40. The zero-order valence-corrected chi connectivity index (χ0v) is 25.5. The van der Waals surface area contributed by atoms with Crippen LogP contribution >= 0.6 is 15.9 Å². The van der Waals surface area contributed by atoms with Crippen LogP contribution in [0.3, 0.4) is 0 Å². The first-order valence-electron chi connectivity index (χ1n) is 13.7. The van der Waals surface area contributed by atoms with Crippen molar-refractivity contribution >= 4 is 51.2 Å². The minimum atomic E-state index is -0.870. The molecule has 11 nitrogen and oxygen atoms in total. The summed E-state index contributed by atoms with van der Waals surface area (Å²) in [6, 6.07) is 24.1. The molecule has 1 aliphatic rings. The van der Waals surface area contributed by atoms with Gasteiger partial charge in [-0.15, -0.1) is 0 Å². The van der Waals surface area contributed by atoms with Gasteiger partial charge in [0.1, 0.15) is 24.5 Å². The number of nitrogens with one attached hydrogen (secondary N) is 1. The smallest absolute Gasteiger partial charge is 0.335 e. The Hall–Kier alpha value is -5.49. The number of urea groups is 1. The molecule has 1 saturated heterocycles. The molecule has 4 aromatic carbocycles. The molecule has 0 atom stereocenters. The van der Waals surface area contributed by atoms with E-state index in [2.05, 4.69) is 21.2 Å². The standard InChI is InChI=1S/C33H26BrN3O8/c1-2-43-30-18-22(8-15-29(30)45-20-23-4-3-5-26(16-23)37(41)42)17-28-31(38)35-33(40)36(32(28)39)25-11-13-27(14-12-25)44-19-21-6-9-24(34)10-7-21/h3-18H,2,19-20H2,1H3,(H,35,38,40)/b28-17+. The van der Waals surface area contributed by atoms with Crippen molar-refractivity contribution < 1.29 is 33.5 Å². The molecule has 0 aliphatic carbocycles. The largest absolute Gasteiger partial charge is 0.490 e. The predicted molar refractivity (Wildman–Crippen MR) is 169 cm³/mol. The van der Waals surface area contributed by atoms with Crippen molar-refractivity contribution in [3.63, 3.8) is 0 Å². The molecule has 5 rings (SSSR count). The van der Waals surface area contributed by atoms with Crippen molar-refractivity contribution in [3.8, 4) is 17.2 Å². The number of benzene rings is 4. The van der Waals surface area contributed by atoms with E-state index in [0.717, 1.165) is 14.9 Å². The Morgan fingerprint density at radius 3 is 2.29 bits per heavy atom. The molecule has 4 aromatic rings. The molecular weight excluding hydrogens is 646 g/mol. The maximum atomic E-state index is 13.4. The number of imide groups is 2. The lowest BCUT2D eigenvalue weighted by Gasteiger charge is -2.26. The monoisotopic (exact) mass is 671 g/mol. The minimum absolute atomic E-state index is 0.0490. The van der Waals surface area contributed by atoms with Gasteiger partial charge in [0, 0.05) is 16.6 Å². The van der Waals surface area contributed by atoms with E-state index in [1.807, 2.05) is 24.3 Å². The van der Waals surface area contributed by atoms with Gasteiger partial charge in [0.05, 0.1) is 17.2 Å². The molecule has 45 heavy (non-hydrogen) atoms. The summed E-state index contributed by atoms with van der Waals surface area (Å²) in [6.45, 7) is 2.47. The first-order chi connectivity index (χ1) is 21.7. The molecule has 4 amide bonds. The zero-order chi connectivity index (χ0) is 31.9. The number of halogens is 1. The summed E-state index contributed by atoms with van der Waals surface area (Å²) < 4.78 is 18.4. The number of non-ortho nitro benzene ring substituents is 1. The predicted octanol–water partition coefficient (Wildman–Crippen LogP) is 6.58. The Balaban J connectivity index is 1.32. The minimum Gasteiger partial charge on any atom is -0.490 e. The van der Waals surface area contributed by atoms with Gasteiger partial charge in [0.15, 0.2) is 11.5 Å². The molecule has 0 unspecified atom stereocenters. The van der Waals surface area contributed by atoms with Crippen molar-refractivity contribution in [2.24, 2.45) is 0 Å². The molecule has 1 N–H and O–H groups in total. The van der Waals surface area contributed by atoms with E-state index in [1.165, 1.54) is 18.2 Å². The Morgan fingerprint density at radius 2 is 1.58 bits per heavy atom. The normalized spacial score (nSPS) is 13.9. The Morgan fingerprint density at radius 1 is 0.844 bits per heavy atom. The van der Waals surface area contributed by atoms with Crippen LogP contribution in [-0.2, 0) is 22.8 Å². The lowest BCUT2D eigenvalue weighted by atomic mass is 10.1. The lowest BCUT2D eigenvalue weighted by Crippen LogP contribution is -2.54. The molecule has 228 valence electrons. The number of anilines is 1. The Bertz CT molecular complexity index is 1790. The van der Waals surface area contributed by atoms with Crippen molar-refractivity contribution in [3.05, 3.63) is 128 Å². The highest BCUT2D eigenvalue weighted by Gasteiger charge is 2.36. The average molecular weight is 672 g/mol. The van der Waals surface area contributed by atoms with Crippen molar-refractivity contribution in [1.82, 2.24) is 5.32 Å². The van der Waals surface area contributed by atoms with Gasteiger partial charge in [-0.1, -0.05) is 46.3 Å². The number of hydrogen-bond acceptors (Lipinski definition) is 8. The van der Waals surface area contributed by atoms with Crippen molar-refractivity contribution in [2.75, 3.05) is 11.5 Å². The first kappa shape index (κ1) is 31.0. The number of hydrogen-bond donors (Lipinski definition) is 1. The third kappa shape index (κ3) is 7.54. The molecule has 0 radical (unpaired) electrons. The van der Waals surface area contributed by atoms with E-state index in [1.54, 1.807) is 61.5 Å². The van der Waals surface area contributed by atoms with Crippen LogP contribution in [0.1, 0.15) is 23.6 Å². The van der Waals surface area contributed by atoms with Gasteiger partial charge in [0.25, 0.3) is 17.5 Å². The van der Waals surface area contributed by atoms with Gasteiger partial charge >= 0.3 is 6.03 Å². The summed E-state index contributed by atoms with van der Waals surface area (Å²) in [6.07, 6.45) is 1.36. The number of ether oxygens (including phenoxy) is 3. The summed E-state index contributed by atoms with van der Waals surface area (Å²) in [4.78, 5) is 50.3. The van der Waals surface area contributed by atoms with Gasteiger partial charge in [-0.25, -0.2) is 9.69 Å². The first-order valence-corrected chi connectivity index (χ1v) is 14.5. The van der Waals surface area contributed by atoms with Crippen molar-refractivity contribution in [2.45, 2.75) is 20.1 Å². The second-order valence-corrected chi connectivity index (χ2v) is 10.6. The second kappa shape index (κ2) is 13.9. The molecular formula is C33H26BrN3O8. The van der Waals surface area contributed by atoms with Gasteiger partial charge in [-0.3, -0.25) is 25.0 Å². The zero-order valence-electron chi connectivity index (χ0n) is 23.9. The fourth-order valence-electron chi connectivity index (χ4n) is 4.42. The molecule has 12 heteroatoms. The number of nitro groups is 1. The highest BCUT2D eigenvalue weighted by Crippen LogP contribution is 2.31. The van der Waals surface area contributed by atoms with Crippen LogP contribution < -0.4 is 24.4 Å². The summed E-state index contributed by atoms with van der Waals surface area (Å²) in [5, 5.41) is 13.3. The van der Waals surface area contributed by atoms with Gasteiger partial charge in [-0.2, -0.15) is 0 Å². The van der Waals surface area contributed by atoms with E-state index < -0.39 is 22.8 Å². The fourth-order valence-corrected chi connectivity index (χ4v) is 4.68. The van der Waals surface area contributed by atoms with E-state index in [0.29, 0.717) is 41.6 Å². The number of barbiturate groups is 1. The van der Waals surface area contributed by atoms with Crippen LogP contribution in [0.15, 0.2) is 101 Å². The third-order valence-electron chi connectivity index (χ3n) is 6.61. The van der Waals surface area contributed by atoms with Crippen LogP contribution in [0, 0.1) is 10.1 Å². The number of carbonyl (C=O) groups is 3. The van der Waals surface area contributed by atoms with Crippen LogP contribution in [-0.4, -0.2) is 29.4 Å². The van der Waals surface area contributed by atoms with E-state index in [4.69, 9.17) is 14.2 Å². The molecule has 0 bridgehead atoms. The molecule has 0 spiro atoms. The second-order valence-electron chi connectivity index (χ2n) is 9.72. The summed E-state index contributed by atoms with van der Waals surface area (Å²) in [5.74, 6) is -0.387. The van der Waals surface area contributed by atoms with Crippen LogP contribution in [0.5, 0.6) is 17.2 Å². The summed E-state index contributed by atoms with van der Waals surface area (Å²) in [5.41, 5.74) is 1.97. The van der Waals surface area contributed by atoms with Gasteiger partial charge < -0.3 is 14.2 Å². The van der Waals surface area contributed by atoms with Gasteiger partial charge in [-0.05, 0) is 78.2 Å². The number of nitro benzene ring substituents is 1. The number of carbonyl (C=O) groups excluding carboxylic acids is 3.